The van der Waals surface area contributed by atoms with Crippen LogP contribution in [0.25, 0.3) is 0 Å². The summed E-state index contributed by atoms with van der Waals surface area (Å²) in [6.07, 6.45) is 2.30. The molecular weight excluding hydrogens is 551 g/mol. The summed E-state index contributed by atoms with van der Waals surface area (Å²) >= 11 is 16.2. The molecule has 0 spiro atoms. The molecule has 10 heteroatoms. The molecule has 0 radical (unpaired) electrons. The van der Waals surface area contributed by atoms with Gasteiger partial charge in [0.15, 0.2) is 0 Å². The van der Waals surface area contributed by atoms with Gasteiger partial charge in [-0.15, -0.1) is 0 Å². The van der Waals surface area contributed by atoms with E-state index in [1.165, 1.54) is 24.5 Å². The van der Waals surface area contributed by atoms with E-state index in [0.717, 1.165) is 10.0 Å². The van der Waals surface area contributed by atoms with Crippen molar-refractivity contribution < 1.29 is 18.3 Å². The van der Waals surface area contributed by atoms with Crippen molar-refractivity contribution in [1.82, 2.24) is 9.71 Å². The maximum absolute atomic E-state index is 13.2. The fourth-order valence-electron chi connectivity index (χ4n) is 3.95. The highest BCUT2D eigenvalue weighted by Gasteiger charge is 2.57. The minimum Gasteiger partial charge on any atom is -0.392 e. The maximum Gasteiger partial charge on any atom is 0.243 e. The SMILES string of the molecule is O=S(=O)(NC1(OCc2ccccc2)CC(O)C1Cc1c(Cl)cc(Br)cc1Cl)c1ccncc1. The van der Waals surface area contributed by atoms with Gasteiger partial charge < -0.3 is 9.84 Å². The standard InChI is InChI=1S/C23H21BrCl2N2O4S/c24-16-10-20(25)18(21(26)11-16)12-19-22(29)13-23(19,32-14-15-4-2-1-3-5-15)28-33(30,31)17-6-8-27-9-7-17/h1-11,19,22,28-29H,12-14H2. The van der Waals surface area contributed by atoms with Gasteiger partial charge in [0.05, 0.1) is 17.6 Å². The maximum atomic E-state index is 13.2. The van der Waals surface area contributed by atoms with Crippen LogP contribution in [0.5, 0.6) is 0 Å². The number of aromatic nitrogens is 1. The van der Waals surface area contributed by atoms with Crippen LogP contribution in [-0.2, 0) is 27.8 Å². The lowest BCUT2D eigenvalue weighted by molar-refractivity contribution is -0.218. The quantitative estimate of drug-likeness (QED) is 0.373. The first kappa shape index (κ1) is 24.6. The second-order valence-electron chi connectivity index (χ2n) is 7.88. The zero-order valence-corrected chi connectivity index (χ0v) is 21.2. The Balaban J connectivity index is 1.67. The number of nitrogens with zero attached hydrogens (tertiary/aromatic N) is 1. The summed E-state index contributed by atoms with van der Waals surface area (Å²) in [6.45, 7) is 0.157. The van der Waals surface area contributed by atoms with Crippen molar-refractivity contribution in [2.45, 2.75) is 36.2 Å². The van der Waals surface area contributed by atoms with Crippen molar-refractivity contribution in [1.29, 1.82) is 0 Å². The Kier molecular flexibility index (Phi) is 7.45. The molecule has 6 nitrogen and oxygen atoms in total. The number of nitrogens with one attached hydrogen (secondary N) is 1. The molecule has 1 heterocycles. The lowest BCUT2D eigenvalue weighted by Gasteiger charge is -2.52. The van der Waals surface area contributed by atoms with Crippen LogP contribution in [0.3, 0.4) is 0 Å². The number of benzene rings is 2. The number of ether oxygens (including phenoxy) is 1. The Morgan fingerprint density at radius 3 is 2.36 bits per heavy atom. The molecule has 1 fully saturated rings. The molecule has 3 unspecified atom stereocenters. The molecule has 3 aromatic rings. The molecule has 3 atom stereocenters. The van der Waals surface area contributed by atoms with Gasteiger partial charge in [-0.05, 0) is 41.8 Å². The number of pyridine rings is 1. The molecule has 1 aromatic heterocycles. The number of halogens is 3. The highest BCUT2D eigenvalue weighted by molar-refractivity contribution is 9.10. The molecule has 0 bridgehead atoms. The normalized spacial score (nSPS) is 22.7. The Hall–Kier alpha value is -1.52. The van der Waals surface area contributed by atoms with E-state index in [-0.39, 0.29) is 24.3 Å². The molecular formula is C23H21BrCl2N2O4S. The first-order valence-corrected chi connectivity index (χ1v) is 13.2. The van der Waals surface area contributed by atoms with E-state index in [2.05, 4.69) is 25.6 Å². The number of aliphatic hydroxyl groups excluding tert-OH is 1. The first-order valence-electron chi connectivity index (χ1n) is 10.1. The number of hydrogen-bond donors (Lipinski definition) is 2. The van der Waals surface area contributed by atoms with Gasteiger partial charge in [0.2, 0.25) is 10.0 Å². The molecule has 1 aliphatic rings. The lowest BCUT2D eigenvalue weighted by Crippen LogP contribution is -2.68. The molecule has 4 rings (SSSR count). The minimum atomic E-state index is -3.96. The molecule has 0 saturated heterocycles. The summed E-state index contributed by atoms with van der Waals surface area (Å²) in [4.78, 5) is 3.93. The summed E-state index contributed by atoms with van der Waals surface area (Å²) in [5.41, 5.74) is 0.137. The van der Waals surface area contributed by atoms with Crippen LogP contribution in [-0.4, -0.2) is 30.3 Å². The van der Waals surface area contributed by atoms with Crippen molar-refractivity contribution in [3.8, 4) is 0 Å². The van der Waals surface area contributed by atoms with Crippen molar-refractivity contribution in [2.75, 3.05) is 0 Å². The third-order valence-electron chi connectivity index (χ3n) is 5.71. The predicted octanol–water partition coefficient (Wildman–Crippen LogP) is 4.97. The van der Waals surface area contributed by atoms with Crippen molar-refractivity contribution in [2.24, 2.45) is 5.92 Å². The Morgan fingerprint density at radius 1 is 1.12 bits per heavy atom. The molecule has 174 valence electrons. The van der Waals surface area contributed by atoms with E-state index in [1.807, 2.05) is 30.3 Å². The number of hydrogen-bond acceptors (Lipinski definition) is 5. The van der Waals surface area contributed by atoms with Crippen LogP contribution >= 0.6 is 39.1 Å². The van der Waals surface area contributed by atoms with E-state index >= 15 is 0 Å². The second-order valence-corrected chi connectivity index (χ2v) is 11.3. The largest absolute Gasteiger partial charge is 0.392 e. The summed E-state index contributed by atoms with van der Waals surface area (Å²) < 4.78 is 36.0. The van der Waals surface area contributed by atoms with Crippen LogP contribution in [0.4, 0.5) is 0 Å². The van der Waals surface area contributed by atoms with Gasteiger partial charge in [-0.3, -0.25) is 4.98 Å². The van der Waals surface area contributed by atoms with Crippen LogP contribution in [0.1, 0.15) is 17.5 Å². The minimum absolute atomic E-state index is 0.0556. The molecule has 33 heavy (non-hydrogen) atoms. The summed E-state index contributed by atoms with van der Waals surface area (Å²) in [7, 11) is -3.96. The molecule has 1 saturated carbocycles. The third-order valence-corrected chi connectivity index (χ3v) is 8.35. The van der Waals surface area contributed by atoms with E-state index in [4.69, 9.17) is 27.9 Å². The lowest BCUT2D eigenvalue weighted by atomic mass is 9.70. The molecule has 2 aromatic carbocycles. The number of rotatable bonds is 8. The fourth-order valence-corrected chi connectivity index (χ4v) is 6.65. The van der Waals surface area contributed by atoms with Crippen molar-refractivity contribution in [3.05, 3.63) is 92.6 Å². The van der Waals surface area contributed by atoms with Gasteiger partial charge in [0, 0.05) is 39.3 Å². The molecule has 2 N–H and O–H groups in total. The smallest absolute Gasteiger partial charge is 0.243 e. The van der Waals surface area contributed by atoms with Crippen molar-refractivity contribution >= 4 is 49.2 Å². The van der Waals surface area contributed by atoms with E-state index in [9.17, 15) is 13.5 Å². The summed E-state index contributed by atoms with van der Waals surface area (Å²) in [5.74, 6) is -0.617. The molecule has 1 aliphatic carbocycles. The fraction of sp³-hybridized carbons (Fsp3) is 0.261. The Labute approximate surface area is 211 Å². The third kappa shape index (κ3) is 5.43. The van der Waals surface area contributed by atoms with Gasteiger partial charge in [-0.25, -0.2) is 8.42 Å². The van der Waals surface area contributed by atoms with Crippen LogP contribution in [0.2, 0.25) is 10.0 Å². The van der Waals surface area contributed by atoms with Crippen molar-refractivity contribution in [3.63, 3.8) is 0 Å². The molecule has 0 aliphatic heterocycles. The van der Waals surface area contributed by atoms with Crippen LogP contribution < -0.4 is 4.72 Å². The highest BCUT2D eigenvalue weighted by Crippen LogP contribution is 2.45. The van der Waals surface area contributed by atoms with Gasteiger partial charge in [-0.2, -0.15) is 4.72 Å². The first-order chi connectivity index (χ1) is 15.7. The average Bonchev–Trinajstić information content (AvgIpc) is 2.78. The molecule has 0 amide bonds. The highest BCUT2D eigenvalue weighted by atomic mass is 79.9. The monoisotopic (exact) mass is 570 g/mol. The topological polar surface area (TPSA) is 88.5 Å². The van der Waals surface area contributed by atoms with E-state index in [0.29, 0.717) is 15.6 Å². The van der Waals surface area contributed by atoms with E-state index in [1.54, 1.807) is 12.1 Å². The average molecular weight is 572 g/mol. The summed E-state index contributed by atoms with van der Waals surface area (Å²) in [5, 5.41) is 11.5. The number of aliphatic hydroxyl groups is 1. The van der Waals surface area contributed by atoms with Crippen LogP contribution in [0.15, 0.2) is 76.4 Å². The zero-order valence-electron chi connectivity index (χ0n) is 17.3. The second kappa shape index (κ2) is 10.00. The Bertz CT molecular complexity index is 1210. The van der Waals surface area contributed by atoms with E-state index < -0.39 is 27.8 Å². The van der Waals surface area contributed by atoms with Gasteiger partial charge in [-0.1, -0.05) is 69.5 Å². The Morgan fingerprint density at radius 2 is 1.76 bits per heavy atom. The number of sulfonamides is 1. The predicted molar refractivity (Wildman–Crippen MR) is 131 cm³/mol. The summed E-state index contributed by atoms with van der Waals surface area (Å²) in [6, 6.07) is 15.6. The van der Waals surface area contributed by atoms with Gasteiger partial charge in [0.25, 0.3) is 0 Å². The zero-order chi connectivity index (χ0) is 23.6. The van der Waals surface area contributed by atoms with Crippen LogP contribution in [0, 0.1) is 5.92 Å². The van der Waals surface area contributed by atoms with Gasteiger partial charge in [0.1, 0.15) is 5.72 Å². The van der Waals surface area contributed by atoms with Gasteiger partial charge >= 0.3 is 0 Å².